The number of H-pyrrole nitrogens is 1. The Morgan fingerprint density at radius 3 is 2.67 bits per heavy atom. The smallest absolute Gasteiger partial charge is 0.0522 e. The molecule has 4 heteroatoms. The maximum absolute atomic E-state index is 5.96. The van der Waals surface area contributed by atoms with E-state index in [4.69, 9.17) is 11.6 Å². The highest BCUT2D eigenvalue weighted by Crippen LogP contribution is 2.20. The summed E-state index contributed by atoms with van der Waals surface area (Å²) < 4.78 is 0. The van der Waals surface area contributed by atoms with E-state index in [0.717, 1.165) is 30.8 Å². The van der Waals surface area contributed by atoms with E-state index in [0.29, 0.717) is 6.04 Å². The van der Waals surface area contributed by atoms with Gasteiger partial charge in [0.15, 0.2) is 0 Å². The highest BCUT2D eigenvalue weighted by atomic mass is 35.5. The van der Waals surface area contributed by atoms with Crippen molar-refractivity contribution in [2.45, 2.75) is 45.6 Å². The van der Waals surface area contributed by atoms with E-state index in [1.165, 1.54) is 23.2 Å². The molecule has 1 heterocycles. The van der Waals surface area contributed by atoms with Crippen LogP contribution in [0.5, 0.6) is 0 Å². The summed E-state index contributed by atoms with van der Waals surface area (Å²) in [5.74, 6) is 0. The summed E-state index contributed by atoms with van der Waals surface area (Å²) in [7, 11) is 0. The van der Waals surface area contributed by atoms with E-state index in [1.54, 1.807) is 0 Å². The Hall–Kier alpha value is -1.32. The fourth-order valence-corrected chi connectivity index (χ4v) is 2.68. The lowest BCUT2D eigenvalue weighted by atomic mass is 10.0. The minimum atomic E-state index is 0.415. The van der Waals surface area contributed by atoms with Crippen LogP contribution in [0.1, 0.15) is 49.0 Å². The molecular formula is C17H24ClN3. The molecule has 0 radical (unpaired) electrons. The van der Waals surface area contributed by atoms with E-state index < -0.39 is 0 Å². The van der Waals surface area contributed by atoms with Crippen LogP contribution in [0.3, 0.4) is 0 Å². The zero-order valence-corrected chi connectivity index (χ0v) is 13.6. The van der Waals surface area contributed by atoms with Gasteiger partial charge in [-0.3, -0.25) is 5.10 Å². The Morgan fingerprint density at radius 2 is 2.05 bits per heavy atom. The Morgan fingerprint density at radius 1 is 1.29 bits per heavy atom. The van der Waals surface area contributed by atoms with Crippen molar-refractivity contribution in [2.75, 3.05) is 6.54 Å². The number of hydrogen-bond donors (Lipinski definition) is 2. The Balaban J connectivity index is 1.83. The molecule has 1 atom stereocenters. The second-order valence-corrected chi connectivity index (χ2v) is 5.91. The van der Waals surface area contributed by atoms with Gasteiger partial charge in [-0.1, -0.05) is 37.1 Å². The number of hydrogen-bond acceptors (Lipinski definition) is 2. The average Bonchev–Trinajstić information content (AvgIpc) is 2.89. The van der Waals surface area contributed by atoms with Crippen LogP contribution in [0.15, 0.2) is 30.5 Å². The molecule has 1 unspecified atom stereocenters. The lowest BCUT2D eigenvalue weighted by Crippen LogP contribution is -2.22. The third kappa shape index (κ3) is 4.87. The summed E-state index contributed by atoms with van der Waals surface area (Å²) >= 11 is 5.96. The van der Waals surface area contributed by atoms with Crippen molar-refractivity contribution in [1.82, 2.24) is 15.5 Å². The van der Waals surface area contributed by atoms with Gasteiger partial charge in [-0.05, 0) is 56.0 Å². The molecule has 21 heavy (non-hydrogen) atoms. The molecule has 0 aliphatic rings. The van der Waals surface area contributed by atoms with Crippen molar-refractivity contribution >= 4 is 11.6 Å². The van der Waals surface area contributed by atoms with Crippen molar-refractivity contribution in [3.63, 3.8) is 0 Å². The Kier molecular flexibility index (Phi) is 6.27. The van der Waals surface area contributed by atoms with Crippen molar-refractivity contribution in [3.05, 3.63) is 52.3 Å². The lowest BCUT2D eigenvalue weighted by molar-refractivity contribution is 0.487. The van der Waals surface area contributed by atoms with E-state index in [-0.39, 0.29) is 0 Å². The van der Waals surface area contributed by atoms with Gasteiger partial charge >= 0.3 is 0 Å². The molecule has 2 N–H and O–H groups in total. The number of aromatic nitrogens is 2. The summed E-state index contributed by atoms with van der Waals surface area (Å²) in [4.78, 5) is 0. The molecule has 0 amide bonds. The first-order valence-electron chi connectivity index (χ1n) is 7.68. The standard InChI is InChI=1S/C17H24ClN3/c1-3-5-17(14-7-9-16(18)10-8-14)19-11-4-6-15-12-20-21-13(15)2/h7-10,12,17,19H,3-6,11H2,1-2H3,(H,20,21). The van der Waals surface area contributed by atoms with Gasteiger partial charge in [0, 0.05) is 16.8 Å². The third-order valence-electron chi connectivity index (χ3n) is 3.80. The molecule has 2 rings (SSSR count). The minimum Gasteiger partial charge on any atom is -0.310 e. The zero-order valence-electron chi connectivity index (χ0n) is 12.8. The van der Waals surface area contributed by atoms with Gasteiger partial charge in [-0.25, -0.2) is 0 Å². The predicted octanol–water partition coefficient (Wildman–Crippen LogP) is 4.44. The fraction of sp³-hybridized carbons (Fsp3) is 0.471. The third-order valence-corrected chi connectivity index (χ3v) is 4.05. The largest absolute Gasteiger partial charge is 0.310 e. The summed E-state index contributed by atoms with van der Waals surface area (Å²) in [6.07, 6.45) is 6.43. The highest BCUT2D eigenvalue weighted by molar-refractivity contribution is 6.30. The second-order valence-electron chi connectivity index (χ2n) is 5.47. The predicted molar refractivity (Wildman–Crippen MR) is 88.7 cm³/mol. The van der Waals surface area contributed by atoms with Crippen molar-refractivity contribution < 1.29 is 0 Å². The van der Waals surface area contributed by atoms with Crippen LogP contribution in [-0.2, 0) is 6.42 Å². The summed E-state index contributed by atoms with van der Waals surface area (Å²) in [5, 5.41) is 11.5. The molecule has 0 saturated heterocycles. The number of aryl methyl sites for hydroxylation is 2. The van der Waals surface area contributed by atoms with Crippen molar-refractivity contribution in [2.24, 2.45) is 0 Å². The molecule has 3 nitrogen and oxygen atoms in total. The summed E-state index contributed by atoms with van der Waals surface area (Å²) in [6.45, 7) is 5.31. The molecule has 0 aliphatic carbocycles. The van der Waals surface area contributed by atoms with Crippen LogP contribution in [0.25, 0.3) is 0 Å². The van der Waals surface area contributed by atoms with Crippen LogP contribution in [-0.4, -0.2) is 16.7 Å². The van der Waals surface area contributed by atoms with E-state index in [9.17, 15) is 0 Å². The molecule has 0 fully saturated rings. The van der Waals surface area contributed by atoms with Gasteiger partial charge in [0.2, 0.25) is 0 Å². The van der Waals surface area contributed by atoms with Crippen LogP contribution < -0.4 is 5.32 Å². The first-order chi connectivity index (χ1) is 10.2. The summed E-state index contributed by atoms with van der Waals surface area (Å²) in [5.41, 5.74) is 3.81. The molecule has 0 aliphatic heterocycles. The maximum Gasteiger partial charge on any atom is 0.0522 e. The van der Waals surface area contributed by atoms with Crippen LogP contribution in [0, 0.1) is 6.92 Å². The van der Waals surface area contributed by atoms with E-state index in [1.807, 2.05) is 18.3 Å². The molecular weight excluding hydrogens is 282 g/mol. The SMILES string of the molecule is CCCC(NCCCc1cn[nH]c1C)c1ccc(Cl)cc1. The normalized spacial score (nSPS) is 12.5. The summed E-state index contributed by atoms with van der Waals surface area (Å²) in [6, 6.07) is 8.59. The molecule has 1 aromatic heterocycles. The number of nitrogens with one attached hydrogen (secondary N) is 2. The molecule has 114 valence electrons. The Bertz CT molecular complexity index is 533. The van der Waals surface area contributed by atoms with Crippen LogP contribution in [0.4, 0.5) is 0 Å². The number of benzene rings is 1. The monoisotopic (exact) mass is 305 g/mol. The topological polar surface area (TPSA) is 40.7 Å². The first-order valence-corrected chi connectivity index (χ1v) is 8.06. The average molecular weight is 306 g/mol. The minimum absolute atomic E-state index is 0.415. The molecule has 0 bridgehead atoms. The van der Waals surface area contributed by atoms with Crippen molar-refractivity contribution in [1.29, 1.82) is 0 Å². The van der Waals surface area contributed by atoms with Crippen LogP contribution in [0.2, 0.25) is 5.02 Å². The lowest BCUT2D eigenvalue weighted by Gasteiger charge is -2.18. The van der Waals surface area contributed by atoms with Crippen molar-refractivity contribution in [3.8, 4) is 0 Å². The van der Waals surface area contributed by atoms with E-state index >= 15 is 0 Å². The van der Waals surface area contributed by atoms with Gasteiger partial charge in [0.05, 0.1) is 6.20 Å². The maximum atomic E-state index is 5.96. The number of rotatable bonds is 8. The van der Waals surface area contributed by atoms with E-state index in [2.05, 4.69) is 41.5 Å². The second kappa shape index (κ2) is 8.20. The highest BCUT2D eigenvalue weighted by Gasteiger charge is 2.09. The van der Waals surface area contributed by atoms with Gasteiger partial charge in [-0.15, -0.1) is 0 Å². The first kappa shape index (κ1) is 16.1. The number of halogens is 1. The molecule has 2 aromatic rings. The Labute approximate surface area is 132 Å². The molecule has 1 aromatic carbocycles. The van der Waals surface area contributed by atoms with Gasteiger partial charge in [-0.2, -0.15) is 5.10 Å². The molecule has 0 saturated carbocycles. The molecule has 0 spiro atoms. The van der Waals surface area contributed by atoms with Gasteiger partial charge < -0.3 is 5.32 Å². The van der Waals surface area contributed by atoms with Gasteiger partial charge in [0.1, 0.15) is 0 Å². The quantitative estimate of drug-likeness (QED) is 0.708. The number of aromatic amines is 1. The van der Waals surface area contributed by atoms with Gasteiger partial charge in [0.25, 0.3) is 0 Å². The number of nitrogens with zero attached hydrogens (tertiary/aromatic N) is 1. The van der Waals surface area contributed by atoms with Crippen LogP contribution >= 0.6 is 11.6 Å². The zero-order chi connectivity index (χ0) is 15.1. The fourth-order valence-electron chi connectivity index (χ4n) is 2.55.